The second-order valence-electron chi connectivity index (χ2n) is 5.21. The summed E-state index contributed by atoms with van der Waals surface area (Å²) in [5, 5.41) is 3.13. The number of sulfonamides is 1. The Labute approximate surface area is 147 Å². The highest BCUT2D eigenvalue weighted by Crippen LogP contribution is 2.27. The molecule has 1 saturated heterocycles. The highest BCUT2D eigenvalue weighted by Gasteiger charge is 2.32. The fourth-order valence-electron chi connectivity index (χ4n) is 2.55. The maximum atomic E-state index is 12.6. The Hall–Kier alpha value is -0.860. The number of carbonyl (C=O) groups excluding carboxylic acids is 1. The Bertz CT molecular complexity index is 667. The van der Waals surface area contributed by atoms with E-state index >= 15 is 0 Å². The number of carbonyl (C=O) groups is 1. The number of nitrogens with one attached hydrogen (secondary N) is 1. The summed E-state index contributed by atoms with van der Waals surface area (Å²) in [5.74, 6) is -0.284. The fraction of sp³-hybridized carbons (Fsp3) is 0.500. The minimum absolute atomic E-state index is 0. The van der Waals surface area contributed by atoms with E-state index in [1.165, 1.54) is 29.6 Å². The van der Waals surface area contributed by atoms with E-state index in [2.05, 4.69) is 10.1 Å². The van der Waals surface area contributed by atoms with Crippen LogP contribution in [0.15, 0.2) is 23.1 Å². The Morgan fingerprint density at radius 1 is 1.48 bits per heavy atom. The highest BCUT2D eigenvalue weighted by molar-refractivity contribution is 7.89. The molecule has 2 rings (SSSR count). The molecule has 1 fully saturated rings. The molecule has 0 radical (unpaired) electrons. The highest BCUT2D eigenvalue weighted by atomic mass is 35.5. The monoisotopic (exact) mass is 382 g/mol. The maximum Gasteiger partial charge on any atom is 0.339 e. The van der Waals surface area contributed by atoms with Crippen molar-refractivity contribution >= 4 is 40.0 Å². The second-order valence-corrected chi connectivity index (χ2v) is 7.55. The second kappa shape index (κ2) is 8.30. The summed E-state index contributed by atoms with van der Waals surface area (Å²) in [6, 6.07) is 4.07. The van der Waals surface area contributed by atoms with Gasteiger partial charge in [-0.1, -0.05) is 11.6 Å². The molecule has 0 aliphatic carbocycles. The van der Waals surface area contributed by atoms with Gasteiger partial charge < -0.3 is 10.1 Å². The molecule has 0 aromatic heterocycles. The summed E-state index contributed by atoms with van der Waals surface area (Å²) in [4.78, 5) is 11.6. The van der Waals surface area contributed by atoms with Gasteiger partial charge in [-0.25, -0.2) is 13.2 Å². The van der Waals surface area contributed by atoms with Crippen LogP contribution in [0.3, 0.4) is 0 Å². The van der Waals surface area contributed by atoms with E-state index in [9.17, 15) is 13.2 Å². The van der Waals surface area contributed by atoms with Crippen molar-refractivity contribution in [1.29, 1.82) is 0 Å². The first-order chi connectivity index (χ1) is 10.4. The van der Waals surface area contributed by atoms with Gasteiger partial charge in [0, 0.05) is 13.1 Å². The van der Waals surface area contributed by atoms with Crippen molar-refractivity contribution in [2.24, 2.45) is 5.92 Å². The van der Waals surface area contributed by atoms with Gasteiger partial charge in [0.2, 0.25) is 10.0 Å². The Kier molecular flexibility index (Phi) is 7.29. The van der Waals surface area contributed by atoms with E-state index in [1.54, 1.807) is 0 Å². The van der Waals surface area contributed by atoms with Gasteiger partial charge in [0.15, 0.2) is 0 Å². The fourth-order valence-corrected chi connectivity index (χ4v) is 4.43. The number of methoxy groups -OCH3 is 1. The van der Waals surface area contributed by atoms with Crippen molar-refractivity contribution in [2.75, 3.05) is 33.8 Å². The van der Waals surface area contributed by atoms with Crippen LogP contribution in [0.2, 0.25) is 5.02 Å². The van der Waals surface area contributed by atoms with Crippen LogP contribution in [0, 0.1) is 5.92 Å². The Morgan fingerprint density at radius 2 is 2.17 bits per heavy atom. The molecule has 1 aromatic carbocycles. The van der Waals surface area contributed by atoms with Crippen molar-refractivity contribution < 1.29 is 17.9 Å². The summed E-state index contributed by atoms with van der Waals surface area (Å²) in [5.41, 5.74) is 0.151. The topological polar surface area (TPSA) is 75.7 Å². The number of halogens is 2. The lowest BCUT2D eigenvalue weighted by Gasteiger charge is -2.17. The molecule has 0 bridgehead atoms. The number of hydrogen-bond donors (Lipinski definition) is 1. The first kappa shape index (κ1) is 20.2. The van der Waals surface area contributed by atoms with Crippen molar-refractivity contribution in [3.63, 3.8) is 0 Å². The lowest BCUT2D eigenvalue weighted by atomic mass is 10.1. The zero-order valence-corrected chi connectivity index (χ0v) is 15.3. The number of nitrogens with zero attached hydrogens (tertiary/aromatic N) is 1. The molecule has 23 heavy (non-hydrogen) atoms. The largest absolute Gasteiger partial charge is 0.465 e. The zero-order chi connectivity index (χ0) is 16.3. The average Bonchev–Trinajstić information content (AvgIpc) is 2.96. The van der Waals surface area contributed by atoms with E-state index in [0.717, 1.165) is 13.0 Å². The van der Waals surface area contributed by atoms with Crippen LogP contribution in [-0.4, -0.2) is 52.5 Å². The predicted octanol–water partition coefficient (Wildman–Crippen LogP) is 1.78. The van der Waals surface area contributed by atoms with Crippen molar-refractivity contribution in [1.82, 2.24) is 9.62 Å². The van der Waals surface area contributed by atoms with Gasteiger partial charge in [-0.2, -0.15) is 4.31 Å². The van der Waals surface area contributed by atoms with Crippen LogP contribution >= 0.6 is 24.0 Å². The molecule has 1 aliphatic heterocycles. The van der Waals surface area contributed by atoms with Gasteiger partial charge in [-0.3, -0.25) is 0 Å². The number of rotatable bonds is 5. The van der Waals surface area contributed by atoms with Gasteiger partial charge in [0.1, 0.15) is 0 Å². The first-order valence-electron chi connectivity index (χ1n) is 6.92. The number of hydrogen-bond acceptors (Lipinski definition) is 5. The van der Waals surface area contributed by atoms with Crippen LogP contribution in [0.1, 0.15) is 16.8 Å². The molecule has 6 nitrogen and oxygen atoms in total. The van der Waals surface area contributed by atoms with E-state index in [0.29, 0.717) is 19.0 Å². The maximum absolute atomic E-state index is 12.6. The molecular weight excluding hydrogens is 363 g/mol. The third-order valence-electron chi connectivity index (χ3n) is 3.73. The van der Waals surface area contributed by atoms with Crippen LogP contribution in [0.5, 0.6) is 0 Å². The smallest absolute Gasteiger partial charge is 0.339 e. The molecule has 1 aromatic rings. The minimum Gasteiger partial charge on any atom is -0.465 e. The molecule has 130 valence electrons. The van der Waals surface area contributed by atoms with Crippen LogP contribution in [0.4, 0.5) is 0 Å². The van der Waals surface area contributed by atoms with Gasteiger partial charge in [0.25, 0.3) is 0 Å². The van der Waals surface area contributed by atoms with Crippen LogP contribution in [0.25, 0.3) is 0 Å². The molecule has 9 heteroatoms. The summed E-state index contributed by atoms with van der Waals surface area (Å²) in [6.45, 7) is 1.76. The van der Waals surface area contributed by atoms with E-state index < -0.39 is 16.0 Å². The average molecular weight is 383 g/mol. The molecule has 1 N–H and O–H groups in total. The van der Waals surface area contributed by atoms with Crippen molar-refractivity contribution in [2.45, 2.75) is 11.3 Å². The Morgan fingerprint density at radius 3 is 2.74 bits per heavy atom. The van der Waals surface area contributed by atoms with Gasteiger partial charge in [0.05, 0.1) is 22.6 Å². The number of ether oxygens (including phenoxy) is 1. The molecule has 0 spiro atoms. The van der Waals surface area contributed by atoms with Crippen LogP contribution in [-0.2, 0) is 14.8 Å². The van der Waals surface area contributed by atoms with E-state index in [4.69, 9.17) is 11.6 Å². The third kappa shape index (κ3) is 4.36. The predicted molar refractivity (Wildman–Crippen MR) is 90.8 cm³/mol. The lowest BCUT2D eigenvalue weighted by Crippen LogP contribution is -2.30. The van der Waals surface area contributed by atoms with E-state index in [-0.39, 0.29) is 27.9 Å². The van der Waals surface area contributed by atoms with Gasteiger partial charge in [-0.05, 0) is 44.1 Å². The molecule has 0 saturated carbocycles. The van der Waals surface area contributed by atoms with Crippen molar-refractivity contribution in [3.05, 3.63) is 28.8 Å². The lowest BCUT2D eigenvalue weighted by molar-refractivity contribution is 0.0601. The third-order valence-corrected chi connectivity index (χ3v) is 5.90. The number of esters is 1. The summed E-state index contributed by atoms with van der Waals surface area (Å²) >= 11 is 6.00. The van der Waals surface area contributed by atoms with Gasteiger partial charge in [-0.15, -0.1) is 12.4 Å². The molecule has 1 atom stereocenters. The van der Waals surface area contributed by atoms with Gasteiger partial charge >= 0.3 is 5.97 Å². The molecule has 0 amide bonds. The molecule has 1 heterocycles. The van der Waals surface area contributed by atoms with Crippen molar-refractivity contribution in [3.8, 4) is 0 Å². The number of benzene rings is 1. The summed E-state index contributed by atoms with van der Waals surface area (Å²) in [6.07, 6.45) is 0.827. The molecule has 1 aliphatic rings. The normalized spacial score (nSPS) is 18.5. The molecule has 1 unspecified atom stereocenters. The zero-order valence-electron chi connectivity index (χ0n) is 12.9. The molecular formula is C14H20Cl2N2O4S. The Balaban J connectivity index is 0.00000264. The first-order valence-corrected chi connectivity index (χ1v) is 8.74. The van der Waals surface area contributed by atoms with Crippen LogP contribution < -0.4 is 5.32 Å². The minimum atomic E-state index is -3.59. The standard InChI is InChI=1S/C14H19ClN2O4S.ClH/c1-16-8-10-5-6-17(9-10)22(19,20)11-3-4-12(13(15)7-11)14(18)21-2;/h3-4,7,10,16H,5-6,8-9H2,1-2H3;1H. The SMILES string of the molecule is CNCC1CCN(S(=O)(=O)c2ccc(C(=O)OC)c(Cl)c2)C1.Cl. The summed E-state index contributed by atoms with van der Waals surface area (Å²) < 4.78 is 31.3. The summed E-state index contributed by atoms with van der Waals surface area (Å²) in [7, 11) is -0.497. The van der Waals surface area contributed by atoms with E-state index in [1.807, 2.05) is 7.05 Å². The quantitative estimate of drug-likeness (QED) is 0.785.